The van der Waals surface area contributed by atoms with E-state index in [1.165, 1.54) is 24.3 Å². The topological polar surface area (TPSA) is 77.2 Å². The molecule has 3 rings (SSSR count). The van der Waals surface area contributed by atoms with E-state index >= 15 is 0 Å². The third-order valence-electron chi connectivity index (χ3n) is 3.45. The van der Waals surface area contributed by atoms with E-state index in [-0.39, 0.29) is 41.6 Å². The van der Waals surface area contributed by atoms with E-state index in [4.69, 9.17) is 10.5 Å². The number of carbonyl (C=O) groups excluding carboxylic acids is 1. The Kier molecular flexibility index (Phi) is 4.10. The van der Waals surface area contributed by atoms with E-state index < -0.39 is 5.82 Å². The minimum atomic E-state index is -0.728. The number of amides is 1. The molecule has 0 spiro atoms. The van der Waals surface area contributed by atoms with Crippen LogP contribution in [0.1, 0.15) is 18.4 Å². The van der Waals surface area contributed by atoms with Crippen LogP contribution in [0.5, 0.6) is 5.88 Å². The SMILES string of the molecule is Nc1cc(F)c(OCc2ccc(F)cc2)nc1NC(=O)C1CC1. The van der Waals surface area contributed by atoms with Crippen molar-refractivity contribution in [1.82, 2.24) is 4.98 Å². The first-order valence-corrected chi connectivity index (χ1v) is 7.17. The highest BCUT2D eigenvalue weighted by atomic mass is 19.1. The Morgan fingerprint density at radius 3 is 2.65 bits per heavy atom. The third-order valence-corrected chi connectivity index (χ3v) is 3.45. The molecule has 1 aromatic carbocycles. The van der Waals surface area contributed by atoms with Gasteiger partial charge in [-0.25, -0.2) is 8.78 Å². The van der Waals surface area contributed by atoms with Crippen LogP contribution in [0, 0.1) is 17.6 Å². The second-order valence-corrected chi connectivity index (χ2v) is 5.39. The largest absolute Gasteiger partial charge is 0.471 e. The van der Waals surface area contributed by atoms with E-state index in [9.17, 15) is 13.6 Å². The van der Waals surface area contributed by atoms with Gasteiger partial charge < -0.3 is 15.8 Å². The number of pyridine rings is 1. The first kappa shape index (κ1) is 15.2. The van der Waals surface area contributed by atoms with Crippen LogP contribution < -0.4 is 15.8 Å². The van der Waals surface area contributed by atoms with Gasteiger partial charge in [0.25, 0.3) is 5.88 Å². The Hall–Kier alpha value is -2.70. The van der Waals surface area contributed by atoms with E-state index in [1.54, 1.807) is 0 Å². The molecule has 0 aliphatic heterocycles. The fraction of sp³-hybridized carbons (Fsp3) is 0.250. The molecule has 1 saturated carbocycles. The van der Waals surface area contributed by atoms with Gasteiger partial charge in [-0.1, -0.05) is 12.1 Å². The molecule has 2 aromatic rings. The van der Waals surface area contributed by atoms with Crippen LogP contribution in [0.4, 0.5) is 20.3 Å². The second-order valence-electron chi connectivity index (χ2n) is 5.39. The third kappa shape index (κ3) is 3.74. The number of nitrogens with zero attached hydrogens (tertiary/aromatic N) is 1. The van der Waals surface area contributed by atoms with Crippen molar-refractivity contribution < 1.29 is 18.3 Å². The lowest BCUT2D eigenvalue weighted by molar-refractivity contribution is -0.117. The minimum absolute atomic E-state index is 0.0180. The van der Waals surface area contributed by atoms with Gasteiger partial charge in [0, 0.05) is 12.0 Å². The summed E-state index contributed by atoms with van der Waals surface area (Å²) in [5.41, 5.74) is 6.36. The number of hydrogen-bond donors (Lipinski definition) is 2. The van der Waals surface area contributed by atoms with Crippen molar-refractivity contribution in [2.75, 3.05) is 11.1 Å². The van der Waals surface area contributed by atoms with Gasteiger partial charge in [0.15, 0.2) is 11.6 Å². The molecule has 120 valence electrons. The van der Waals surface area contributed by atoms with Crippen LogP contribution in [0.3, 0.4) is 0 Å². The van der Waals surface area contributed by atoms with Gasteiger partial charge in [-0.15, -0.1) is 0 Å². The van der Waals surface area contributed by atoms with Gasteiger partial charge in [-0.2, -0.15) is 4.98 Å². The summed E-state index contributed by atoms with van der Waals surface area (Å²) in [6.45, 7) is 0.0180. The molecule has 0 unspecified atom stereocenters. The van der Waals surface area contributed by atoms with Crippen molar-refractivity contribution in [1.29, 1.82) is 0 Å². The molecular formula is C16H15F2N3O2. The number of benzene rings is 1. The van der Waals surface area contributed by atoms with Crippen LogP contribution in [-0.2, 0) is 11.4 Å². The van der Waals surface area contributed by atoms with Crippen LogP contribution in [-0.4, -0.2) is 10.9 Å². The van der Waals surface area contributed by atoms with Crippen LogP contribution in [0.25, 0.3) is 0 Å². The predicted molar refractivity (Wildman–Crippen MR) is 80.7 cm³/mol. The summed E-state index contributed by atoms with van der Waals surface area (Å²) in [4.78, 5) is 15.7. The number of nitrogens with one attached hydrogen (secondary N) is 1. The molecule has 0 bridgehead atoms. The second kappa shape index (κ2) is 6.20. The maximum atomic E-state index is 13.9. The molecule has 1 fully saturated rings. The smallest absolute Gasteiger partial charge is 0.252 e. The number of carbonyl (C=O) groups is 1. The normalized spacial score (nSPS) is 13.7. The molecule has 1 amide bonds. The van der Waals surface area contributed by atoms with Crippen molar-refractivity contribution in [3.63, 3.8) is 0 Å². The molecule has 0 radical (unpaired) electrons. The molecule has 7 heteroatoms. The lowest BCUT2D eigenvalue weighted by Crippen LogP contribution is -2.16. The number of hydrogen-bond acceptors (Lipinski definition) is 4. The predicted octanol–water partition coefficient (Wildman–Crippen LogP) is 2.87. The number of aromatic nitrogens is 1. The summed E-state index contributed by atoms with van der Waals surface area (Å²) in [5, 5.41) is 2.57. The van der Waals surface area contributed by atoms with Crippen LogP contribution >= 0.6 is 0 Å². The fourth-order valence-corrected chi connectivity index (χ4v) is 1.98. The quantitative estimate of drug-likeness (QED) is 0.888. The summed E-state index contributed by atoms with van der Waals surface area (Å²) in [6, 6.07) is 6.68. The zero-order valence-electron chi connectivity index (χ0n) is 12.2. The number of rotatable bonds is 5. The summed E-state index contributed by atoms with van der Waals surface area (Å²) in [6.07, 6.45) is 1.67. The van der Waals surface area contributed by atoms with E-state index in [0.29, 0.717) is 5.56 Å². The average molecular weight is 319 g/mol. The molecule has 1 aliphatic rings. The highest BCUT2D eigenvalue weighted by molar-refractivity contribution is 5.95. The standard InChI is InChI=1S/C16H15F2N3O2/c17-11-5-1-9(2-6-11)8-23-16-12(18)7-13(19)14(21-16)20-15(22)10-3-4-10/h1-2,5-7,10H,3-4,8,19H2,(H,20,21,22). The first-order chi connectivity index (χ1) is 11.0. The van der Waals surface area contributed by atoms with Crippen LogP contribution in [0.15, 0.2) is 30.3 Å². The Labute approximate surface area is 131 Å². The zero-order chi connectivity index (χ0) is 16.4. The van der Waals surface area contributed by atoms with E-state index in [1.807, 2.05) is 0 Å². The van der Waals surface area contributed by atoms with Crippen LogP contribution in [0.2, 0.25) is 0 Å². The van der Waals surface area contributed by atoms with Gasteiger partial charge in [-0.05, 0) is 30.5 Å². The maximum absolute atomic E-state index is 13.9. The number of nitrogen functional groups attached to an aromatic ring is 1. The fourth-order valence-electron chi connectivity index (χ4n) is 1.98. The molecule has 3 N–H and O–H groups in total. The summed E-state index contributed by atoms with van der Waals surface area (Å²) in [7, 11) is 0. The minimum Gasteiger partial charge on any atom is -0.471 e. The van der Waals surface area contributed by atoms with E-state index in [2.05, 4.69) is 10.3 Å². The van der Waals surface area contributed by atoms with Crippen molar-refractivity contribution in [2.24, 2.45) is 5.92 Å². The number of halogens is 2. The van der Waals surface area contributed by atoms with Gasteiger partial charge in [0.2, 0.25) is 5.91 Å². The Morgan fingerprint density at radius 1 is 1.30 bits per heavy atom. The van der Waals surface area contributed by atoms with Crippen molar-refractivity contribution in [3.8, 4) is 5.88 Å². The zero-order valence-corrected chi connectivity index (χ0v) is 12.2. The molecule has 1 aliphatic carbocycles. The highest BCUT2D eigenvalue weighted by Gasteiger charge is 2.30. The summed E-state index contributed by atoms with van der Waals surface area (Å²) in [5.74, 6) is -1.48. The monoisotopic (exact) mass is 319 g/mol. The van der Waals surface area contributed by atoms with Gasteiger partial charge >= 0.3 is 0 Å². The molecule has 0 saturated heterocycles. The Morgan fingerprint density at radius 2 is 2.00 bits per heavy atom. The van der Waals surface area contributed by atoms with Gasteiger partial charge in [0.1, 0.15) is 12.4 Å². The van der Waals surface area contributed by atoms with E-state index in [0.717, 1.165) is 18.9 Å². The van der Waals surface area contributed by atoms with Crippen molar-refractivity contribution >= 4 is 17.4 Å². The first-order valence-electron chi connectivity index (χ1n) is 7.17. The number of anilines is 2. The molecule has 23 heavy (non-hydrogen) atoms. The Bertz CT molecular complexity index is 731. The number of nitrogens with two attached hydrogens (primary N) is 1. The molecular weight excluding hydrogens is 304 g/mol. The lowest BCUT2D eigenvalue weighted by Gasteiger charge is -2.11. The molecule has 5 nitrogen and oxygen atoms in total. The number of ether oxygens (including phenoxy) is 1. The van der Waals surface area contributed by atoms with Gasteiger partial charge in [0.05, 0.1) is 5.69 Å². The lowest BCUT2D eigenvalue weighted by atomic mass is 10.2. The Balaban J connectivity index is 1.72. The highest BCUT2D eigenvalue weighted by Crippen LogP contribution is 2.31. The molecule has 0 atom stereocenters. The molecule has 1 heterocycles. The van der Waals surface area contributed by atoms with Crippen molar-refractivity contribution in [3.05, 3.63) is 47.5 Å². The van der Waals surface area contributed by atoms with Gasteiger partial charge in [-0.3, -0.25) is 4.79 Å². The maximum Gasteiger partial charge on any atom is 0.252 e. The molecule has 1 aromatic heterocycles. The summed E-state index contributed by atoms with van der Waals surface area (Å²) >= 11 is 0. The summed E-state index contributed by atoms with van der Waals surface area (Å²) < 4.78 is 32.0. The van der Waals surface area contributed by atoms with Crippen molar-refractivity contribution in [2.45, 2.75) is 19.4 Å². The average Bonchev–Trinajstić information content (AvgIpc) is 3.35.